The monoisotopic (exact) mass is 225 g/mol. The molecule has 0 aromatic rings. The van der Waals surface area contributed by atoms with Crippen molar-refractivity contribution >= 4 is 5.97 Å². The van der Waals surface area contributed by atoms with Gasteiger partial charge in [-0.3, -0.25) is 4.79 Å². The fraction of sp³-hybridized carbons (Fsp3) is 0.769. The van der Waals surface area contributed by atoms with E-state index in [1.807, 2.05) is 6.92 Å². The van der Waals surface area contributed by atoms with Gasteiger partial charge in [-0.2, -0.15) is 0 Å². The van der Waals surface area contributed by atoms with Crippen molar-refractivity contribution in [2.75, 3.05) is 13.7 Å². The van der Waals surface area contributed by atoms with Crippen molar-refractivity contribution in [3.05, 3.63) is 11.6 Å². The second-order valence-electron chi connectivity index (χ2n) is 4.30. The first-order valence-corrected chi connectivity index (χ1v) is 6.27. The number of hydrogen-bond acceptors (Lipinski definition) is 3. The summed E-state index contributed by atoms with van der Waals surface area (Å²) in [7, 11) is 1.44. The highest BCUT2D eigenvalue weighted by Crippen LogP contribution is 2.19. The number of nitrogens with one attached hydrogen (secondary N) is 1. The van der Waals surface area contributed by atoms with Gasteiger partial charge in [0.25, 0.3) is 0 Å². The molecule has 3 heteroatoms. The Labute approximate surface area is 98.2 Å². The van der Waals surface area contributed by atoms with E-state index in [0.29, 0.717) is 0 Å². The fourth-order valence-corrected chi connectivity index (χ4v) is 2.08. The van der Waals surface area contributed by atoms with Gasteiger partial charge in [-0.15, -0.1) is 0 Å². The third-order valence-corrected chi connectivity index (χ3v) is 3.12. The van der Waals surface area contributed by atoms with Crippen LogP contribution in [-0.4, -0.2) is 25.7 Å². The molecule has 1 N–H and O–H groups in total. The Hall–Kier alpha value is -0.830. The SMILES string of the molecule is CCC(NCCC1=CCCCC1)C(=O)OC. The summed E-state index contributed by atoms with van der Waals surface area (Å²) in [5, 5.41) is 3.25. The Bertz CT molecular complexity index is 248. The number of carbonyl (C=O) groups excluding carboxylic acids is 1. The molecule has 0 aromatic carbocycles. The van der Waals surface area contributed by atoms with Crippen molar-refractivity contribution in [3.8, 4) is 0 Å². The van der Waals surface area contributed by atoms with Gasteiger partial charge in [0.05, 0.1) is 7.11 Å². The second-order valence-corrected chi connectivity index (χ2v) is 4.30. The molecular formula is C13H23NO2. The van der Waals surface area contributed by atoms with Gasteiger partial charge in [0, 0.05) is 0 Å². The molecule has 1 aliphatic rings. The van der Waals surface area contributed by atoms with Gasteiger partial charge in [-0.25, -0.2) is 0 Å². The molecule has 0 amide bonds. The minimum Gasteiger partial charge on any atom is -0.468 e. The first-order chi connectivity index (χ1) is 7.77. The lowest BCUT2D eigenvalue weighted by atomic mass is 9.97. The molecule has 1 atom stereocenters. The molecule has 0 saturated heterocycles. The summed E-state index contributed by atoms with van der Waals surface area (Å²) in [4.78, 5) is 11.3. The molecule has 3 nitrogen and oxygen atoms in total. The minimum absolute atomic E-state index is 0.144. The summed E-state index contributed by atoms with van der Waals surface area (Å²) in [5.74, 6) is -0.153. The Morgan fingerprint density at radius 1 is 1.56 bits per heavy atom. The molecule has 0 heterocycles. The number of carbonyl (C=O) groups is 1. The predicted octanol–water partition coefficient (Wildman–Crippen LogP) is 2.42. The van der Waals surface area contributed by atoms with Crippen LogP contribution in [0.1, 0.15) is 45.4 Å². The lowest BCUT2D eigenvalue weighted by Crippen LogP contribution is -2.37. The van der Waals surface area contributed by atoms with E-state index in [9.17, 15) is 4.79 Å². The van der Waals surface area contributed by atoms with Crippen LogP contribution in [0.5, 0.6) is 0 Å². The topological polar surface area (TPSA) is 38.3 Å². The molecule has 0 radical (unpaired) electrons. The van der Waals surface area contributed by atoms with E-state index in [1.54, 1.807) is 5.57 Å². The summed E-state index contributed by atoms with van der Waals surface area (Å²) < 4.78 is 4.73. The lowest BCUT2D eigenvalue weighted by Gasteiger charge is -2.16. The van der Waals surface area contributed by atoms with Crippen LogP contribution in [0.25, 0.3) is 0 Å². The van der Waals surface area contributed by atoms with E-state index in [0.717, 1.165) is 19.4 Å². The quantitative estimate of drug-likeness (QED) is 0.557. The Morgan fingerprint density at radius 2 is 2.38 bits per heavy atom. The molecule has 0 fully saturated rings. The maximum atomic E-state index is 11.3. The van der Waals surface area contributed by atoms with E-state index in [1.165, 1.54) is 32.8 Å². The fourth-order valence-electron chi connectivity index (χ4n) is 2.08. The number of methoxy groups -OCH3 is 1. The van der Waals surface area contributed by atoms with E-state index in [-0.39, 0.29) is 12.0 Å². The Balaban J connectivity index is 2.22. The molecule has 0 saturated carbocycles. The molecule has 1 rings (SSSR count). The number of esters is 1. The molecule has 16 heavy (non-hydrogen) atoms. The van der Waals surface area contributed by atoms with Crippen LogP contribution in [0.15, 0.2) is 11.6 Å². The van der Waals surface area contributed by atoms with Crippen LogP contribution in [-0.2, 0) is 9.53 Å². The average Bonchev–Trinajstić information content (AvgIpc) is 2.35. The van der Waals surface area contributed by atoms with Crippen molar-refractivity contribution in [2.45, 2.75) is 51.5 Å². The average molecular weight is 225 g/mol. The highest BCUT2D eigenvalue weighted by atomic mass is 16.5. The van der Waals surface area contributed by atoms with Gasteiger partial charge in [0.15, 0.2) is 0 Å². The summed E-state index contributed by atoms with van der Waals surface area (Å²) in [6, 6.07) is -0.144. The van der Waals surface area contributed by atoms with Crippen LogP contribution in [0, 0.1) is 0 Å². The van der Waals surface area contributed by atoms with Crippen molar-refractivity contribution in [2.24, 2.45) is 0 Å². The van der Waals surface area contributed by atoms with Crippen LogP contribution < -0.4 is 5.32 Å². The minimum atomic E-state index is -0.153. The van der Waals surface area contributed by atoms with E-state index >= 15 is 0 Å². The normalized spacial score (nSPS) is 17.8. The van der Waals surface area contributed by atoms with Crippen LogP contribution >= 0.6 is 0 Å². The molecule has 0 aliphatic heterocycles. The number of allylic oxidation sites excluding steroid dienone is 1. The smallest absolute Gasteiger partial charge is 0.322 e. The summed E-state index contributed by atoms with van der Waals surface area (Å²) in [5.41, 5.74) is 1.54. The molecule has 0 spiro atoms. The molecule has 0 bridgehead atoms. The van der Waals surface area contributed by atoms with E-state index in [2.05, 4.69) is 11.4 Å². The molecule has 0 aromatic heterocycles. The van der Waals surface area contributed by atoms with Gasteiger partial charge in [-0.1, -0.05) is 18.6 Å². The predicted molar refractivity (Wildman–Crippen MR) is 65.3 cm³/mol. The maximum absolute atomic E-state index is 11.3. The number of ether oxygens (including phenoxy) is 1. The highest BCUT2D eigenvalue weighted by molar-refractivity contribution is 5.75. The Kier molecular flexibility index (Phi) is 6.16. The van der Waals surface area contributed by atoms with Crippen LogP contribution in [0.2, 0.25) is 0 Å². The molecule has 1 aliphatic carbocycles. The zero-order valence-corrected chi connectivity index (χ0v) is 10.4. The van der Waals surface area contributed by atoms with Gasteiger partial charge < -0.3 is 10.1 Å². The van der Waals surface area contributed by atoms with Crippen molar-refractivity contribution in [1.82, 2.24) is 5.32 Å². The zero-order valence-electron chi connectivity index (χ0n) is 10.4. The van der Waals surface area contributed by atoms with Crippen molar-refractivity contribution in [3.63, 3.8) is 0 Å². The summed E-state index contributed by atoms with van der Waals surface area (Å²) in [6.07, 6.45) is 9.31. The molecule has 1 unspecified atom stereocenters. The first kappa shape index (κ1) is 13.2. The summed E-state index contributed by atoms with van der Waals surface area (Å²) in [6.45, 7) is 2.87. The molecule has 92 valence electrons. The van der Waals surface area contributed by atoms with E-state index < -0.39 is 0 Å². The van der Waals surface area contributed by atoms with Crippen LogP contribution in [0.4, 0.5) is 0 Å². The second kappa shape index (κ2) is 7.44. The third kappa shape index (κ3) is 4.35. The summed E-state index contributed by atoms with van der Waals surface area (Å²) >= 11 is 0. The third-order valence-electron chi connectivity index (χ3n) is 3.12. The van der Waals surface area contributed by atoms with Gasteiger partial charge >= 0.3 is 5.97 Å². The van der Waals surface area contributed by atoms with Gasteiger partial charge in [0.1, 0.15) is 6.04 Å². The Morgan fingerprint density at radius 3 is 2.94 bits per heavy atom. The zero-order chi connectivity index (χ0) is 11.8. The number of rotatable bonds is 6. The highest BCUT2D eigenvalue weighted by Gasteiger charge is 2.15. The first-order valence-electron chi connectivity index (χ1n) is 6.27. The largest absolute Gasteiger partial charge is 0.468 e. The number of hydrogen-bond donors (Lipinski definition) is 1. The van der Waals surface area contributed by atoms with Gasteiger partial charge in [0.2, 0.25) is 0 Å². The van der Waals surface area contributed by atoms with Crippen molar-refractivity contribution in [1.29, 1.82) is 0 Å². The lowest BCUT2D eigenvalue weighted by molar-refractivity contribution is -0.143. The van der Waals surface area contributed by atoms with Gasteiger partial charge in [-0.05, 0) is 45.1 Å². The molecular weight excluding hydrogens is 202 g/mol. The van der Waals surface area contributed by atoms with E-state index in [4.69, 9.17) is 4.74 Å². The standard InChI is InChI=1S/C13H23NO2/c1-3-12(13(15)16-2)14-10-9-11-7-5-4-6-8-11/h7,12,14H,3-6,8-10H2,1-2H3. The van der Waals surface area contributed by atoms with Crippen LogP contribution in [0.3, 0.4) is 0 Å². The van der Waals surface area contributed by atoms with Crippen molar-refractivity contribution < 1.29 is 9.53 Å². The maximum Gasteiger partial charge on any atom is 0.322 e.